The van der Waals surface area contributed by atoms with Gasteiger partial charge in [-0.05, 0) is 45.8 Å². The van der Waals surface area contributed by atoms with Gasteiger partial charge in [-0.1, -0.05) is 31.2 Å². The van der Waals surface area contributed by atoms with Gasteiger partial charge in [-0.3, -0.25) is 9.38 Å². The minimum atomic E-state index is 0.914. The van der Waals surface area contributed by atoms with Crippen molar-refractivity contribution in [1.29, 1.82) is 0 Å². The molecule has 0 aliphatic heterocycles. The number of likely N-dealkylation sites (N-methyl/N-ethyl adjacent to an activating group) is 1. The molecule has 0 bridgehead atoms. The topological polar surface area (TPSA) is 42.2 Å². The highest BCUT2D eigenvalue weighted by Gasteiger charge is 2.15. The highest BCUT2D eigenvalue weighted by molar-refractivity contribution is 5.68. The average molecular weight is 308 g/mol. The van der Waals surface area contributed by atoms with Crippen LogP contribution in [0, 0.1) is 13.8 Å². The van der Waals surface area contributed by atoms with Gasteiger partial charge in [0.2, 0.25) is 0 Å². The van der Waals surface area contributed by atoms with Crippen LogP contribution in [0.2, 0.25) is 0 Å². The largest absolute Gasteiger partial charge is 0.319 e. The number of nitrogens with one attached hydrogen (secondary N) is 1. The lowest BCUT2D eigenvalue weighted by atomic mass is 10.0. The zero-order valence-electron chi connectivity index (χ0n) is 14.3. The van der Waals surface area contributed by atoms with Crippen LogP contribution >= 0.6 is 0 Å². The Labute approximate surface area is 137 Å². The van der Waals surface area contributed by atoms with E-state index in [9.17, 15) is 0 Å². The predicted molar refractivity (Wildman–Crippen MR) is 94.9 cm³/mol. The van der Waals surface area contributed by atoms with Crippen molar-refractivity contribution < 1.29 is 0 Å². The van der Waals surface area contributed by atoms with Gasteiger partial charge in [-0.15, -0.1) is 0 Å². The maximum atomic E-state index is 4.81. The van der Waals surface area contributed by atoms with E-state index in [1.54, 1.807) is 0 Å². The number of imidazole rings is 1. The summed E-state index contributed by atoms with van der Waals surface area (Å²) in [6, 6.07) is 8.84. The molecule has 0 radical (unpaired) electrons. The standard InChI is InChI=1S/C19H24N4/c1-5-17-18(16-8-6-15(7-9-16)10-11-20-4)23-12-13(2)21-14(3)19(23)22-17/h6-9,12,20H,5,10-11H2,1-4H3. The van der Waals surface area contributed by atoms with Gasteiger partial charge < -0.3 is 5.32 Å². The molecule has 0 saturated heterocycles. The van der Waals surface area contributed by atoms with E-state index in [2.05, 4.69) is 52.1 Å². The van der Waals surface area contributed by atoms with Gasteiger partial charge >= 0.3 is 0 Å². The predicted octanol–water partition coefficient (Wildman–Crippen LogP) is 3.34. The first-order valence-electron chi connectivity index (χ1n) is 8.23. The first-order valence-corrected chi connectivity index (χ1v) is 8.23. The van der Waals surface area contributed by atoms with Gasteiger partial charge in [0.15, 0.2) is 5.65 Å². The molecule has 3 rings (SSSR count). The number of hydrogen-bond acceptors (Lipinski definition) is 3. The van der Waals surface area contributed by atoms with Gasteiger partial charge in [0.25, 0.3) is 0 Å². The Kier molecular flexibility index (Phi) is 4.44. The number of hydrogen-bond donors (Lipinski definition) is 1. The maximum Gasteiger partial charge on any atom is 0.159 e. The first kappa shape index (κ1) is 15.7. The zero-order valence-corrected chi connectivity index (χ0v) is 14.3. The lowest BCUT2D eigenvalue weighted by Crippen LogP contribution is -2.10. The van der Waals surface area contributed by atoms with Crippen molar-refractivity contribution >= 4 is 5.65 Å². The SMILES string of the molecule is CCc1nc2c(C)nc(C)cn2c1-c1ccc(CCNC)cc1. The van der Waals surface area contributed by atoms with E-state index in [0.717, 1.165) is 42.1 Å². The fourth-order valence-corrected chi connectivity index (χ4v) is 3.04. The van der Waals surface area contributed by atoms with E-state index in [1.807, 2.05) is 20.9 Å². The van der Waals surface area contributed by atoms with E-state index >= 15 is 0 Å². The van der Waals surface area contributed by atoms with E-state index < -0.39 is 0 Å². The molecular weight excluding hydrogens is 284 g/mol. The summed E-state index contributed by atoms with van der Waals surface area (Å²) in [6.45, 7) is 7.21. The Hall–Kier alpha value is -2.20. The Balaban J connectivity index is 2.11. The molecule has 3 aromatic rings. The molecule has 23 heavy (non-hydrogen) atoms. The van der Waals surface area contributed by atoms with Crippen molar-refractivity contribution in [1.82, 2.24) is 19.7 Å². The third-order valence-corrected chi connectivity index (χ3v) is 4.19. The minimum absolute atomic E-state index is 0.914. The Morgan fingerprint density at radius 3 is 2.48 bits per heavy atom. The fourth-order valence-electron chi connectivity index (χ4n) is 3.04. The third-order valence-electron chi connectivity index (χ3n) is 4.19. The zero-order chi connectivity index (χ0) is 16.4. The number of rotatable bonds is 5. The molecule has 0 unspecified atom stereocenters. The molecule has 0 aliphatic rings. The van der Waals surface area contributed by atoms with Crippen LogP contribution < -0.4 is 5.32 Å². The van der Waals surface area contributed by atoms with Crippen LogP contribution in [0.5, 0.6) is 0 Å². The normalized spacial score (nSPS) is 11.3. The lowest BCUT2D eigenvalue weighted by molar-refractivity contribution is 0.792. The summed E-state index contributed by atoms with van der Waals surface area (Å²) in [5.74, 6) is 0. The van der Waals surface area contributed by atoms with Crippen molar-refractivity contribution in [3.05, 3.63) is 53.1 Å². The van der Waals surface area contributed by atoms with Crippen LogP contribution in [0.1, 0.15) is 29.6 Å². The second-order valence-corrected chi connectivity index (χ2v) is 5.97. The Morgan fingerprint density at radius 2 is 1.83 bits per heavy atom. The molecule has 0 fully saturated rings. The summed E-state index contributed by atoms with van der Waals surface area (Å²) in [5.41, 5.74) is 7.84. The van der Waals surface area contributed by atoms with Crippen LogP contribution in [0.25, 0.3) is 16.9 Å². The first-order chi connectivity index (χ1) is 11.1. The summed E-state index contributed by atoms with van der Waals surface area (Å²) >= 11 is 0. The summed E-state index contributed by atoms with van der Waals surface area (Å²) in [5, 5.41) is 3.19. The number of benzene rings is 1. The molecule has 2 heterocycles. The smallest absolute Gasteiger partial charge is 0.159 e. The molecule has 1 N–H and O–H groups in total. The van der Waals surface area contributed by atoms with Crippen LogP contribution in [-0.4, -0.2) is 28.0 Å². The van der Waals surface area contributed by atoms with Gasteiger partial charge in [0.05, 0.1) is 22.8 Å². The molecule has 2 aromatic heterocycles. The molecule has 0 aliphatic carbocycles. The van der Waals surface area contributed by atoms with Crippen molar-refractivity contribution in [2.24, 2.45) is 0 Å². The van der Waals surface area contributed by atoms with Crippen molar-refractivity contribution in [2.45, 2.75) is 33.6 Å². The number of nitrogens with zero attached hydrogens (tertiary/aromatic N) is 3. The average Bonchev–Trinajstić information content (AvgIpc) is 2.92. The molecule has 0 amide bonds. The monoisotopic (exact) mass is 308 g/mol. The molecule has 1 aromatic carbocycles. The Morgan fingerprint density at radius 1 is 1.09 bits per heavy atom. The number of aryl methyl sites for hydroxylation is 3. The van der Waals surface area contributed by atoms with Crippen LogP contribution in [0.3, 0.4) is 0 Å². The van der Waals surface area contributed by atoms with Crippen molar-refractivity contribution in [3.8, 4) is 11.3 Å². The molecule has 0 spiro atoms. The summed E-state index contributed by atoms with van der Waals surface area (Å²) in [6.07, 6.45) is 4.04. The molecule has 4 heteroatoms. The number of fused-ring (bicyclic) bond motifs is 1. The summed E-state index contributed by atoms with van der Waals surface area (Å²) in [4.78, 5) is 9.35. The molecule has 0 saturated carbocycles. The second-order valence-electron chi connectivity index (χ2n) is 5.97. The van der Waals surface area contributed by atoms with E-state index in [0.29, 0.717) is 0 Å². The third kappa shape index (κ3) is 2.99. The number of aromatic nitrogens is 3. The van der Waals surface area contributed by atoms with Crippen LogP contribution in [-0.2, 0) is 12.8 Å². The summed E-state index contributed by atoms with van der Waals surface area (Å²) < 4.78 is 2.19. The lowest BCUT2D eigenvalue weighted by Gasteiger charge is -2.08. The van der Waals surface area contributed by atoms with E-state index in [4.69, 9.17) is 4.98 Å². The Bertz CT molecular complexity index is 815. The molecular formula is C19H24N4. The van der Waals surface area contributed by atoms with E-state index in [-0.39, 0.29) is 0 Å². The maximum absolute atomic E-state index is 4.81. The van der Waals surface area contributed by atoms with Gasteiger partial charge in [0, 0.05) is 11.8 Å². The van der Waals surface area contributed by atoms with Crippen molar-refractivity contribution in [2.75, 3.05) is 13.6 Å². The van der Waals surface area contributed by atoms with Crippen molar-refractivity contribution in [3.63, 3.8) is 0 Å². The quantitative estimate of drug-likeness (QED) is 0.786. The minimum Gasteiger partial charge on any atom is -0.319 e. The highest BCUT2D eigenvalue weighted by Crippen LogP contribution is 2.27. The molecule has 0 atom stereocenters. The summed E-state index contributed by atoms with van der Waals surface area (Å²) in [7, 11) is 1.99. The molecule has 120 valence electrons. The van der Waals surface area contributed by atoms with Crippen LogP contribution in [0.4, 0.5) is 0 Å². The molecule has 4 nitrogen and oxygen atoms in total. The van der Waals surface area contributed by atoms with Crippen LogP contribution in [0.15, 0.2) is 30.5 Å². The second kappa shape index (κ2) is 6.50. The van der Waals surface area contributed by atoms with E-state index in [1.165, 1.54) is 16.8 Å². The van der Waals surface area contributed by atoms with Gasteiger partial charge in [-0.2, -0.15) is 0 Å². The fraction of sp³-hybridized carbons (Fsp3) is 0.368. The van der Waals surface area contributed by atoms with Gasteiger partial charge in [-0.25, -0.2) is 4.98 Å². The highest BCUT2D eigenvalue weighted by atomic mass is 15.0. The van der Waals surface area contributed by atoms with Gasteiger partial charge in [0.1, 0.15) is 0 Å².